The smallest absolute Gasteiger partial charge is 0.346 e. The predicted octanol–water partition coefficient (Wildman–Crippen LogP) is 1.48. The minimum Gasteiger partial charge on any atom is -0.346 e. The second kappa shape index (κ2) is 2.78. The van der Waals surface area contributed by atoms with Crippen molar-refractivity contribution in [3.63, 3.8) is 0 Å². The summed E-state index contributed by atoms with van der Waals surface area (Å²) in [7, 11) is 0. The van der Waals surface area contributed by atoms with Crippen LogP contribution >= 0.6 is 0 Å². The van der Waals surface area contributed by atoms with Crippen LogP contribution in [0.4, 0.5) is 13.2 Å². The van der Waals surface area contributed by atoms with Gasteiger partial charge >= 0.3 is 6.18 Å². The number of hydrogen-bond donors (Lipinski definition) is 1. The van der Waals surface area contributed by atoms with E-state index in [0.29, 0.717) is 0 Å². The molecule has 0 radical (unpaired) electrons. The zero-order valence-corrected chi connectivity index (χ0v) is 8.14. The SMILES string of the molecule is O=C1NCc2c(C(F)(F)F)nn(C3CC3)c21. The Bertz CT molecular complexity index is 473. The summed E-state index contributed by atoms with van der Waals surface area (Å²) in [4.78, 5) is 11.4. The van der Waals surface area contributed by atoms with E-state index in [0.717, 1.165) is 12.8 Å². The maximum absolute atomic E-state index is 12.7. The monoisotopic (exact) mass is 231 g/mol. The van der Waals surface area contributed by atoms with E-state index in [1.54, 1.807) is 0 Å². The molecule has 4 nitrogen and oxygen atoms in total. The van der Waals surface area contributed by atoms with Crippen molar-refractivity contribution in [2.24, 2.45) is 0 Å². The molecule has 0 saturated heterocycles. The quantitative estimate of drug-likeness (QED) is 0.795. The van der Waals surface area contributed by atoms with Crippen LogP contribution in [0.3, 0.4) is 0 Å². The molecule has 0 spiro atoms. The third-order valence-electron chi connectivity index (χ3n) is 2.81. The highest BCUT2D eigenvalue weighted by Gasteiger charge is 2.44. The Kier molecular flexibility index (Phi) is 1.68. The van der Waals surface area contributed by atoms with Gasteiger partial charge in [0, 0.05) is 12.1 Å². The number of nitrogens with zero attached hydrogens (tertiary/aromatic N) is 2. The molecular weight excluding hydrogens is 223 g/mol. The van der Waals surface area contributed by atoms with Crippen molar-refractivity contribution in [3.05, 3.63) is 17.0 Å². The van der Waals surface area contributed by atoms with Gasteiger partial charge in [-0.1, -0.05) is 0 Å². The average Bonchev–Trinajstić information content (AvgIpc) is 2.83. The van der Waals surface area contributed by atoms with Gasteiger partial charge in [-0.3, -0.25) is 9.48 Å². The van der Waals surface area contributed by atoms with E-state index in [1.807, 2.05) is 0 Å². The van der Waals surface area contributed by atoms with Crippen molar-refractivity contribution in [1.29, 1.82) is 0 Å². The summed E-state index contributed by atoms with van der Waals surface area (Å²) >= 11 is 0. The Hall–Kier alpha value is -1.53. The van der Waals surface area contributed by atoms with Gasteiger partial charge in [-0.15, -0.1) is 0 Å². The summed E-state index contributed by atoms with van der Waals surface area (Å²) < 4.78 is 39.2. The number of nitrogens with one attached hydrogen (secondary N) is 1. The van der Waals surface area contributed by atoms with Crippen molar-refractivity contribution in [1.82, 2.24) is 15.1 Å². The van der Waals surface area contributed by atoms with Crippen LogP contribution in [-0.4, -0.2) is 15.7 Å². The molecule has 0 unspecified atom stereocenters. The van der Waals surface area contributed by atoms with Gasteiger partial charge in [0.25, 0.3) is 5.91 Å². The summed E-state index contributed by atoms with van der Waals surface area (Å²) in [6.07, 6.45) is -2.91. The Morgan fingerprint density at radius 2 is 2.06 bits per heavy atom. The maximum Gasteiger partial charge on any atom is 0.435 e. The second-order valence-electron chi connectivity index (χ2n) is 4.03. The van der Waals surface area contributed by atoms with Crippen LogP contribution in [0.5, 0.6) is 0 Å². The molecule has 2 heterocycles. The van der Waals surface area contributed by atoms with Gasteiger partial charge in [-0.2, -0.15) is 18.3 Å². The first-order valence-electron chi connectivity index (χ1n) is 4.95. The fourth-order valence-corrected chi connectivity index (χ4v) is 1.94. The molecule has 0 atom stereocenters. The molecule has 2 aliphatic rings. The lowest BCUT2D eigenvalue weighted by molar-refractivity contribution is -0.142. The predicted molar refractivity (Wildman–Crippen MR) is 46.7 cm³/mol. The molecular formula is C9H8F3N3O. The molecule has 1 aromatic rings. The number of carbonyl (C=O) groups excluding carboxylic acids is 1. The van der Waals surface area contributed by atoms with Crippen LogP contribution in [0.1, 0.15) is 40.6 Å². The minimum absolute atomic E-state index is 0.00981. The van der Waals surface area contributed by atoms with Crippen molar-refractivity contribution < 1.29 is 18.0 Å². The first kappa shape index (κ1) is 9.68. The van der Waals surface area contributed by atoms with E-state index in [-0.39, 0.29) is 23.8 Å². The highest BCUT2D eigenvalue weighted by molar-refractivity contribution is 5.97. The zero-order valence-electron chi connectivity index (χ0n) is 8.14. The van der Waals surface area contributed by atoms with E-state index < -0.39 is 17.8 Å². The Balaban J connectivity index is 2.18. The van der Waals surface area contributed by atoms with E-state index >= 15 is 0 Å². The number of fused-ring (bicyclic) bond motifs is 1. The molecule has 86 valence electrons. The minimum atomic E-state index is -4.49. The lowest BCUT2D eigenvalue weighted by Gasteiger charge is -2.04. The molecule has 1 saturated carbocycles. The highest BCUT2D eigenvalue weighted by atomic mass is 19.4. The zero-order chi connectivity index (χ0) is 11.5. The summed E-state index contributed by atoms with van der Waals surface area (Å²) in [6.45, 7) is -0.0737. The largest absolute Gasteiger partial charge is 0.435 e. The van der Waals surface area contributed by atoms with Gasteiger partial charge < -0.3 is 5.32 Å². The van der Waals surface area contributed by atoms with E-state index in [4.69, 9.17) is 0 Å². The van der Waals surface area contributed by atoms with Crippen molar-refractivity contribution in [2.75, 3.05) is 0 Å². The average molecular weight is 231 g/mol. The van der Waals surface area contributed by atoms with E-state index in [1.165, 1.54) is 4.68 Å². The van der Waals surface area contributed by atoms with Crippen molar-refractivity contribution >= 4 is 5.91 Å². The van der Waals surface area contributed by atoms with Crippen molar-refractivity contribution in [2.45, 2.75) is 31.6 Å². The number of rotatable bonds is 1. The fraction of sp³-hybridized carbons (Fsp3) is 0.556. The molecule has 1 aliphatic carbocycles. The van der Waals surface area contributed by atoms with Crippen LogP contribution in [0.25, 0.3) is 0 Å². The molecule has 1 amide bonds. The van der Waals surface area contributed by atoms with E-state index in [2.05, 4.69) is 10.4 Å². The van der Waals surface area contributed by atoms with Crippen LogP contribution in [0.2, 0.25) is 0 Å². The van der Waals surface area contributed by atoms with E-state index in [9.17, 15) is 18.0 Å². The standard InChI is InChI=1S/C9H8F3N3O/c10-9(11,12)7-5-3-13-8(16)6(5)15(14-7)4-1-2-4/h4H,1-3H2,(H,13,16). The number of hydrogen-bond acceptors (Lipinski definition) is 2. The van der Waals surface area contributed by atoms with Crippen LogP contribution in [0.15, 0.2) is 0 Å². The van der Waals surface area contributed by atoms with Crippen LogP contribution in [-0.2, 0) is 12.7 Å². The van der Waals surface area contributed by atoms with Gasteiger partial charge in [0.1, 0.15) is 5.69 Å². The molecule has 16 heavy (non-hydrogen) atoms. The number of halogens is 3. The van der Waals surface area contributed by atoms with Crippen molar-refractivity contribution in [3.8, 4) is 0 Å². The Morgan fingerprint density at radius 1 is 1.38 bits per heavy atom. The molecule has 1 aromatic heterocycles. The van der Waals surface area contributed by atoms with Gasteiger partial charge in [0.2, 0.25) is 0 Å². The Labute approximate surface area is 88.4 Å². The topological polar surface area (TPSA) is 46.9 Å². The summed E-state index contributed by atoms with van der Waals surface area (Å²) in [5.74, 6) is -0.454. The fourth-order valence-electron chi connectivity index (χ4n) is 1.94. The van der Waals surface area contributed by atoms with Gasteiger partial charge in [0.15, 0.2) is 5.69 Å². The van der Waals surface area contributed by atoms with Crippen LogP contribution in [0, 0.1) is 0 Å². The number of alkyl halides is 3. The number of aromatic nitrogens is 2. The first-order chi connectivity index (χ1) is 7.48. The summed E-state index contributed by atoms with van der Waals surface area (Å²) in [5, 5.41) is 5.95. The maximum atomic E-state index is 12.7. The molecule has 0 aromatic carbocycles. The lowest BCUT2D eigenvalue weighted by Crippen LogP contribution is -2.19. The lowest BCUT2D eigenvalue weighted by atomic mass is 10.2. The van der Waals surface area contributed by atoms with Gasteiger partial charge in [-0.25, -0.2) is 0 Å². The molecule has 1 fully saturated rings. The first-order valence-corrected chi connectivity index (χ1v) is 4.95. The van der Waals surface area contributed by atoms with Gasteiger partial charge in [0.05, 0.1) is 6.04 Å². The number of carbonyl (C=O) groups is 1. The molecule has 7 heteroatoms. The third kappa shape index (κ3) is 1.23. The Morgan fingerprint density at radius 3 is 2.62 bits per heavy atom. The third-order valence-corrected chi connectivity index (χ3v) is 2.81. The normalized spacial score (nSPS) is 19.8. The van der Waals surface area contributed by atoms with Gasteiger partial charge in [-0.05, 0) is 12.8 Å². The van der Waals surface area contributed by atoms with Crippen LogP contribution < -0.4 is 5.32 Å². The second-order valence-corrected chi connectivity index (χ2v) is 4.03. The number of amides is 1. The molecule has 1 aliphatic heterocycles. The summed E-state index contributed by atoms with van der Waals surface area (Å²) in [6, 6.07) is -0.0336. The summed E-state index contributed by atoms with van der Waals surface area (Å²) in [5.41, 5.74) is -0.841. The molecule has 0 bridgehead atoms. The highest BCUT2D eigenvalue weighted by Crippen LogP contribution is 2.41. The molecule has 1 N–H and O–H groups in total. The molecule has 3 rings (SSSR count).